The third kappa shape index (κ3) is 5.51. The molecule has 1 aliphatic carbocycles. The second kappa shape index (κ2) is 9.00. The van der Waals surface area contributed by atoms with Crippen molar-refractivity contribution in [3.05, 3.63) is 24.3 Å². The van der Waals surface area contributed by atoms with E-state index in [1.54, 1.807) is 0 Å². The molecule has 1 saturated heterocycles. The molecule has 2 fully saturated rings. The summed E-state index contributed by atoms with van der Waals surface area (Å²) in [5.74, 6) is -0.820. The molecule has 1 aromatic rings. The first kappa shape index (κ1) is 22.3. The third-order valence-electron chi connectivity index (χ3n) is 5.07. The molecule has 156 valence electrons. The van der Waals surface area contributed by atoms with Crippen LogP contribution in [-0.2, 0) is 9.59 Å². The van der Waals surface area contributed by atoms with Crippen LogP contribution in [0.1, 0.15) is 32.1 Å². The number of nitrogens with one attached hydrogen (secondary N) is 1. The maximum absolute atomic E-state index is 12.6. The molecule has 0 bridgehead atoms. The fourth-order valence-corrected chi connectivity index (χ4v) is 3.73. The Balaban J connectivity index is 0.00000280. The van der Waals surface area contributed by atoms with Crippen LogP contribution in [0.15, 0.2) is 24.3 Å². The van der Waals surface area contributed by atoms with Crippen LogP contribution in [0.2, 0.25) is 0 Å². The molecule has 0 spiro atoms. The van der Waals surface area contributed by atoms with Crippen molar-refractivity contribution in [1.82, 2.24) is 5.32 Å². The van der Waals surface area contributed by atoms with E-state index >= 15 is 0 Å². The number of anilines is 1. The predicted molar refractivity (Wildman–Crippen MR) is 99.2 cm³/mol. The monoisotopic (exact) mass is 421 g/mol. The molecule has 28 heavy (non-hydrogen) atoms. The van der Waals surface area contributed by atoms with E-state index in [4.69, 9.17) is 5.73 Å². The highest BCUT2D eigenvalue weighted by atomic mass is 35.5. The number of halogens is 4. The molecular formula is C18H23ClF3N3O3. The molecule has 1 heterocycles. The normalized spacial score (nSPS) is 24.8. The van der Waals surface area contributed by atoms with Crippen LogP contribution >= 0.6 is 12.4 Å². The second-order valence-corrected chi connectivity index (χ2v) is 7.00. The number of amides is 2. The zero-order valence-electron chi connectivity index (χ0n) is 15.1. The Labute approximate surface area is 167 Å². The molecule has 1 aromatic carbocycles. The lowest BCUT2D eigenvalue weighted by molar-refractivity contribution is -0.274. The van der Waals surface area contributed by atoms with Gasteiger partial charge in [0.25, 0.3) is 0 Å². The number of hydrogen-bond donors (Lipinski definition) is 2. The van der Waals surface area contributed by atoms with Gasteiger partial charge in [0.15, 0.2) is 0 Å². The van der Waals surface area contributed by atoms with Crippen LogP contribution in [0.25, 0.3) is 0 Å². The number of benzene rings is 1. The first-order valence-corrected chi connectivity index (χ1v) is 8.95. The van der Waals surface area contributed by atoms with Gasteiger partial charge in [-0.15, -0.1) is 25.6 Å². The first-order chi connectivity index (χ1) is 12.7. The summed E-state index contributed by atoms with van der Waals surface area (Å²) in [5, 5.41) is 2.73. The van der Waals surface area contributed by atoms with E-state index in [9.17, 15) is 22.8 Å². The number of alkyl halides is 3. The maximum atomic E-state index is 12.6. The SMILES string of the molecule is Cl.N[C@@H]1CCC[C@H]1CC(=O)NC1CCN(c2cccc(OC(F)(F)F)c2)C1=O. The molecule has 10 heteroatoms. The summed E-state index contributed by atoms with van der Waals surface area (Å²) in [5.41, 5.74) is 6.27. The Hall–Kier alpha value is -2.00. The van der Waals surface area contributed by atoms with Crippen LogP contribution < -0.4 is 20.7 Å². The molecule has 3 atom stereocenters. The Morgan fingerprint density at radius 3 is 2.68 bits per heavy atom. The van der Waals surface area contributed by atoms with Crippen LogP contribution in [-0.4, -0.2) is 36.8 Å². The van der Waals surface area contributed by atoms with Gasteiger partial charge < -0.3 is 20.7 Å². The van der Waals surface area contributed by atoms with Crippen molar-refractivity contribution in [2.24, 2.45) is 11.7 Å². The van der Waals surface area contributed by atoms with Gasteiger partial charge >= 0.3 is 6.36 Å². The topological polar surface area (TPSA) is 84.7 Å². The molecule has 3 N–H and O–H groups in total. The molecule has 2 amide bonds. The average molecular weight is 422 g/mol. The van der Waals surface area contributed by atoms with Gasteiger partial charge in [-0.1, -0.05) is 12.5 Å². The van der Waals surface area contributed by atoms with Crippen molar-refractivity contribution < 1.29 is 27.5 Å². The quantitative estimate of drug-likeness (QED) is 0.765. The van der Waals surface area contributed by atoms with Gasteiger partial charge in [-0.05, 0) is 37.3 Å². The Kier molecular flexibility index (Phi) is 7.16. The average Bonchev–Trinajstić information content (AvgIpc) is 3.13. The molecule has 0 aromatic heterocycles. The van der Waals surface area contributed by atoms with Crippen molar-refractivity contribution in [2.45, 2.75) is 50.6 Å². The summed E-state index contributed by atoms with van der Waals surface area (Å²) in [6, 6.07) is 4.58. The molecule has 1 aliphatic heterocycles. The smallest absolute Gasteiger partial charge is 0.406 e. The standard InChI is InChI=1S/C18H22F3N3O3.ClH/c19-18(20,21)27-13-5-2-4-12(10-13)24-8-7-15(17(24)26)23-16(25)9-11-3-1-6-14(11)22;/h2,4-5,10-11,14-15H,1,3,6-9,22H2,(H,23,25);1H/t11-,14+,15?;/m0./s1. The van der Waals surface area contributed by atoms with E-state index in [1.165, 1.54) is 23.1 Å². The summed E-state index contributed by atoms with van der Waals surface area (Å²) in [6.07, 6.45) is -1.29. The lowest BCUT2D eigenvalue weighted by Crippen LogP contribution is -2.42. The zero-order chi connectivity index (χ0) is 19.6. The maximum Gasteiger partial charge on any atom is 0.573 e. The van der Waals surface area contributed by atoms with Gasteiger partial charge in [-0.25, -0.2) is 0 Å². The number of hydrogen-bond acceptors (Lipinski definition) is 4. The van der Waals surface area contributed by atoms with E-state index in [-0.39, 0.29) is 36.2 Å². The van der Waals surface area contributed by atoms with Crippen molar-refractivity contribution in [3.8, 4) is 5.75 Å². The zero-order valence-corrected chi connectivity index (χ0v) is 15.9. The number of carbonyl (C=O) groups is 2. The van der Waals surface area contributed by atoms with Crippen molar-refractivity contribution in [2.75, 3.05) is 11.4 Å². The van der Waals surface area contributed by atoms with E-state index in [1.807, 2.05) is 0 Å². The van der Waals surface area contributed by atoms with Crippen molar-refractivity contribution >= 4 is 29.9 Å². The van der Waals surface area contributed by atoms with E-state index < -0.39 is 18.2 Å². The van der Waals surface area contributed by atoms with Gasteiger partial charge in [0, 0.05) is 30.8 Å². The van der Waals surface area contributed by atoms with Gasteiger partial charge in [0.1, 0.15) is 11.8 Å². The fraction of sp³-hybridized carbons (Fsp3) is 0.556. The Morgan fingerprint density at radius 1 is 1.29 bits per heavy atom. The van der Waals surface area contributed by atoms with E-state index in [0.29, 0.717) is 25.1 Å². The molecule has 3 rings (SSSR count). The summed E-state index contributed by atoms with van der Waals surface area (Å²) in [7, 11) is 0. The number of nitrogens with two attached hydrogens (primary N) is 1. The molecule has 2 aliphatic rings. The minimum Gasteiger partial charge on any atom is -0.406 e. The predicted octanol–water partition coefficient (Wildman–Crippen LogP) is 2.75. The first-order valence-electron chi connectivity index (χ1n) is 8.95. The van der Waals surface area contributed by atoms with Gasteiger partial charge in [0.2, 0.25) is 11.8 Å². The van der Waals surface area contributed by atoms with Crippen LogP contribution in [0.5, 0.6) is 5.75 Å². The van der Waals surface area contributed by atoms with Gasteiger partial charge in [0.05, 0.1) is 0 Å². The highest BCUT2D eigenvalue weighted by Gasteiger charge is 2.36. The molecule has 1 unspecified atom stereocenters. The molecular weight excluding hydrogens is 399 g/mol. The summed E-state index contributed by atoms with van der Waals surface area (Å²) in [6.45, 7) is 0.308. The Morgan fingerprint density at radius 2 is 2.04 bits per heavy atom. The van der Waals surface area contributed by atoms with Gasteiger partial charge in [-0.3, -0.25) is 9.59 Å². The summed E-state index contributed by atoms with van der Waals surface area (Å²) >= 11 is 0. The number of ether oxygens (including phenoxy) is 1. The lowest BCUT2D eigenvalue weighted by atomic mass is 9.99. The van der Waals surface area contributed by atoms with E-state index in [0.717, 1.165) is 25.3 Å². The number of carbonyl (C=O) groups excluding carboxylic acids is 2. The van der Waals surface area contributed by atoms with Crippen LogP contribution in [0, 0.1) is 5.92 Å². The Bertz CT molecular complexity index is 717. The third-order valence-corrected chi connectivity index (χ3v) is 5.07. The van der Waals surface area contributed by atoms with E-state index in [2.05, 4.69) is 10.1 Å². The van der Waals surface area contributed by atoms with Gasteiger partial charge in [-0.2, -0.15) is 0 Å². The molecule has 0 radical (unpaired) electrons. The largest absolute Gasteiger partial charge is 0.573 e. The minimum atomic E-state index is -4.80. The van der Waals surface area contributed by atoms with Crippen LogP contribution in [0.4, 0.5) is 18.9 Å². The fourth-order valence-electron chi connectivity index (χ4n) is 3.73. The highest BCUT2D eigenvalue weighted by molar-refractivity contribution is 6.01. The highest BCUT2D eigenvalue weighted by Crippen LogP contribution is 2.30. The number of nitrogens with zero attached hydrogens (tertiary/aromatic N) is 1. The number of rotatable bonds is 5. The minimum absolute atomic E-state index is 0. The van der Waals surface area contributed by atoms with Crippen molar-refractivity contribution in [3.63, 3.8) is 0 Å². The molecule has 1 saturated carbocycles. The molecule has 6 nitrogen and oxygen atoms in total. The van der Waals surface area contributed by atoms with Crippen LogP contribution in [0.3, 0.4) is 0 Å². The lowest BCUT2D eigenvalue weighted by Gasteiger charge is -2.19. The second-order valence-electron chi connectivity index (χ2n) is 7.00. The summed E-state index contributed by atoms with van der Waals surface area (Å²) in [4.78, 5) is 26.1. The summed E-state index contributed by atoms with van der Waals surface area (Å²) < 4.78 is 41.0. The van der Waals surface area contributed by atoms with Crippen molar-refractivity contribution in [1.29, 1.82) is 0 Å².